The molecule has 0 aliphatic heterocycles. The summed E-state index contributed by atoms with van der Waals surface area (Å²) in [4.78, 5) is 0. The summed E-state index contributed by atoms with van der Waals surface area (Å²) in [6.07, 6.45) is 6.12. The summed E-state index contributed by atoms with van der Waals surface area (Å²) in [5.41, 5.74) is 0.554. The lowest BCUT2D eigenvalue weighted by molar-refractivity contribution is 0.191. The second-order valence-electron chi connectivity index (χ2n) is 5.52. The van der Waals surface area contributed by atoms with E-state index in [1.807, 2.05) is 0 Å². The van der Waals surface area contributed by atoms with E-state index in [2.05, 4.69) is 26.1 Å². The van der Waals surface area contributed by atoms with Crippen LogP contribution < -0.4 is 5.32 Å². The van der Waals surface area contributed by atoms with Crippen LogP contribution in [0, 0.1) is 5.41 Å². The van der Waals surface area contributed by atoms with Crippen molar-refractivity contribution >= 4 is 0 Å². The Labute approximate surface area is 88.1 Å². The summed E-state index contributed by atoms with van der Waals surface area (Å²) >= 11 is 0. The van der Waals surface area contributed by atoms with E-state index >= 15 is 0 Å². The van der Waals surface area contributed by atoms with Crippen molar-refractivity contribution in [2.75, 3.05) is 6.61 Å². The highest BCUT2D eigenvalue weighted by Crippen LogP contribution is 2.35. The predicted molar refractivity (Wildman–Crippen MR) is 60.3 cm³/mol. The lowest BCUT2D eigenvalue weighted by Gasteiger charge is -2.36. The summed E-state index contributed by atoms with van der Waals surface area (Å²) in [5, 5.41) is 12.4. The zero-order valence-electron chi connectivity index (χ0n) is 9.84. The van der Waals surface area contributed by atoms with E-state index in [1.165, 1.54) is 25.7 Å². The van der Waals surface area contributed by atoms with Gasteiger partial charge in [-0.1, -0.05) is 13.8 Å². The molecule has 1 fully saturated rings. The van der Waals surface area contributed by atoms with E-state index in [4.69, 9.17) is 5.11 Å². The van der Waals surface area contributed by atoms with Gasteiger partial charge in [-0.05, 0) is 44.4 Å². The van der Waals surface area contributed by atoms with Crippen LogP contribution in [0.3, 0.4) is 0 Å². The third-order valence-electron chi connectivity index (χ3n) is 3.42. The molecule has 1 atom stereocenters. The molecule has 0 aromatic heterocycles. The van der Waals surface area contributed by atoms with E-state index in [-0.39, 0.29) is 0 Å². The first-order valence-corrected chi connectivity index (χ1v) is 5.90. The highest BCUT2D eigenvalue weighted by molar-refractivity contribution is 4.83. The maximum atomic E-state index is 8.81. The van der Waals surface area contributed by atoms with Crippen LogP contribution in [0.2, 0.25) is 0 Å². The molecule has 1 aliphatic rings. The zero-order chi connectivity index (χ0) is 10.6. The van der Waals surface area contributed by atoms with Gasteiger partial charge in [-0.25, -0.2) is 0 Å². The normalized spacial score (nSPS) is 24.9. The van der Waals surface area contributed by atoms with Crippen LogP contribution in [0.4, 0.5) is 0 Å². The molecule has 0 aromatic rings. The minimum atomic E-state index is 0.298. The van der Waals surface area contributed by atoms with Gasteiger partial charge in [0.15, 0.2) is 0 Å². The first-order valence-electron chi connectivity index (χ1n) is 5.90. The number of rotatable bonds is 4. The van der Waals surface area contributed by atoms with Crippen molar-refractivity contribution in [3.63, 3.8) is 0 Å². The van der Waals surface area contributed by atoms with Gasteiger partial charge in [0.25, 0.3) is 0 Å². The molecule has 0 spiro atoms. The highest BCUT2D eigenvalue weighted by Gasteiger charge is 2.26. The Morgan fingerprint density at radius 2 is 1.93 bits per heavy atom. The molecule has 0 heterocycles. The second kappa shape index (κ2) is 5.13. The molecule has 1 saturated carbocycles. The molecule has 1 rings (SSSR count). The molecule has 0 amide bonds. The average Bonchev–Trinajstić information content (AvgIpc) is 2.09. The summed E-state index contributed by atoms with van der Waals surface area (Å²) in [6.45, 7) is 7.18. The fourth-order valence-electron chi connectivity index (χ4n) is 2.25. The van der Waals surface area contributed by atoms with Crippen LogP contribution in [0.1, 0.15) is 52.9 Å². The minimum absolute atomic E-state index is 0.298. The second-order valence-corrected chi connectivity index (χ2v) is 5.52. The molecule has 2 heteroatoms. The van der Waals surface area contributed by atoms with Gasteiger partial charge in [-0.2, -0.15) is 0 Å². The van der Waals surface area contributed by atoms with Crippen LogP contribution >= 0.6 is 0 Å². The van der Waals surface area contributed by atoms with Gasteiger partial charge < -0.3 is 10.4 Å². The van der Waals surface area contributed by atoms with Crippen molar-refractivity contribution in [2.45, 2.75) is 65.0 Å². The van der Waals surface area contributed by atoms with Gasteiger partial charge in [0, 0.05) is 18.7 Å². The Kier molecular flexibility index (Phi) is 4.39. The zero-order valence-corrected chi connectivity index (χ0v) is 9.84. The summed E-state index contributed by atoms with van der Waals surface area (Å²) < 4.78 is 0. The largest absolute Gasteiger partial charge is 0.396 e. The SMILES string of the molecule is CC(CCO)NC1CCC(C)(C)CC1. The Balaban J connectivity index is 2.22. The molecule has 0 saturated heterocycles. The molecular formula is C12H25NO. The Hall–Kier alpha value is -0.0800. The van der Waals surface area contributed by atoms with E-state index in [1.54, 1.807) is 0 Å². The van der Waals surface area contributed by atoms with Crippen molar-refractivity contribution in [3.05, 3.63) is 0 Å². The van der Waals surface area contributed by atoms with Crippen molar-refractivity contribution in [1.29, 1.82) is 0 Å². The van der Waals surface area contributed by atoms with Gasteiger partial charge >= 0.3 is 0 Å². The molecule has 14 heavy (non-hydrogen) atoms. The molecule has 0 radical (unpaired) electrons. The van der Waals surface area contributed by atoms with Crippen LogP contribution in [-0.2, 0) is 0 Å². The average molecular weight is 199 g/mol. The van der Waals surface area contributed by atoms with E-state index < -0.39 is 0 Å². The van der Waals surface area contributed by atoms with Gasteiger partial charge in [-0.3, -0.25) is 0 Å². The Morgan fingerprint density at radius 3 is 2.43 bits per heavy atom. The first-order chi connectivity index (χ1) is 6.53. The van der Waals surface area contributed by atoms with Crippen molar-refractivity contribution < 1.29 is 5.11 Å². The first kappa shape index (κ1) is 12.0. The number of aliphatic hydroxyl groups is 1. The minimum Gasteiger partial charge on any atom is -0.396 e. The van der Waals surface area contributed by atoms with E-state index in [0.717, 1.165) is 6.42 Å². The highest BCUT2D eigenvalue weighted by atomic mass is 16.3. The quantitative estimate of drug-likeness (QED) is 0.728. The monoisotopic (exact) mass is 199 g/mol. The Morgan fingerprint density at radius 1 is 1.36 bits per heavy atom. The molecular weight excluding hydrogens is 174 g/mol. The molecule has 0 aromatic carbocycles. The van der Waals surface area contributed by atoms with Crippen LogP contribution in [-0.4, -0.2) is 23.8 Å². The third-order valence-corrected chi connectivity index (χ3v) is 3.42. The molecule has 0 bridgehead atoms. The van der Waals surface area contributed by atoms with Gasteiger partial charge in [0.1, 0.15) is 0 Å². The molecule has 1 aliphatic carbocycles. The van der Waals surface area contributed by atoms with Gasteiger partial charge in [-0.15, -0.1) is 0 Å². The fourth-order valence-corrected chi connectivity index (χ4v) is 2.25. The predicted octanol–water partition coefficient (Wildman–Crippen LogP) is 2.32. The molecule has 2 N–H and O–H groups in total. The van der Waals surface area contributed by atoms with Crippen molar-refractivity contribution in [1.82, 2.24) is 5.32 Å². The van der Waals surface area contributed by atoms with Crippen LogP contribution in [0.15, 0.2) is 0 Å². The summed E-state index contributed by atoms with van der Waals surface area (Å²) in [6, 6.07) is 1.15. The van der Waals surface area contributed by atoms with E-state index in [0.29, 0.717) is 24.1 Å². The lowest BCUT2D eigenvalue weighted by atomic mass is 9.75. The standard InChI is InChI=1S/C12H25NO/c1-10(6-9-14)13-11-4-7-12(2,3)8-5-11/h10-11,13-14H,4-9H2,1-3H3. The Bertz CT molecular complexity index is 158. The van der Waals surface area contributed by atoms with Gasteiger partial charge in [0.05, 0.1) is 0 Å². The van der Waals surface area contributed by atoms with Gasteiger partial charge in [0.2, 0.25) is 0 Å². The smallest absolute Gasteiger partial charge is 0.0445 e. The molecule has 84 valence electrons. The molecule has 1 unspecified atom stereocenters. The third kappa shape index (κ3) is 3.97. The maximum Gasteiger partial charge on any atom is 0.0445 e. The number of aliphatic hydroxyl groups excluding tert-OH is 1. The lowest BCUT2D eigenvalue weighted by Crippen LogP contribution is -2.40. The molecule has 2 nitrogen and oxygen atoms in total. The van der Waals surface area contributed by atoms with E-state index in [9.17, 15) is 0 Å². The topological polar surface area (TPSA) is 32.3 Å². The number of hydrogen-bond acceptors (Lipinski definition) is 2. The van der Waals surface area contributed by atoms with Crippen LogP contribution in [0.5, 0.6) is 0 Å². The van der Waals surface area contributed by atoms with Crippen molar-refractivity contribution in [2.24, 2.45) is 5.41 Å². The summed E-state index contributed by atoms with van der Waals surface area (Å²) in [5.74, 6) is 0. The number of hydrogen-bond donors (Lipinski definition) is 2. The van der Waals surface area contributed by atoms with Crippen LogP contribution in [0.25, 0.3) is 0 Å². The van der Waals surface area contributed by atoms with Crippen molar-refractivity contribution in [3.8, 4) is 0 Å². The number of nitrogens with one attached hydrogen (secondary N) is 1. The summed E-state index contributed by atoms with van der Waals surface area (Å²) in [7, 11) is 0. The fraction of sp³-hybridized carbons (Fsp3) is 1.00. The maximum absolute atomic E-state index is 8.81.